The fraction of sp³-hybridized carbons (Fsp3) is 0.143. The van der Waals surface area contributed by atoms with Gasteiger partial charge in [-0.25, -0.2) is 4.98 Å². The van der Waals surface area contributed by atoms with Gasteiger partial charge in [-0.05, 0) is 0 Å². The van der Waals surface area contributed by atoms with Gasteiger partial charge in [-0.15, -0.1) is 0 Å². The van der Waals surface area contributed by atoms with Crippen LogP contribution in [0.15, 0.2) is 12.3 Å². The van der Waals surface area contributed by atoms with Crippen LogP contribution < -0.4 is 4.74 Å². The molecular formula is C7H7NO3. The van der Waals surface area contributed by atoms with E-state index in [1.165, 1.54) is 19.4 Å². The van der Waals surface area contributed by atoms with Crippen LogP contribution in [0.3, 0.4) is 0 Å². The fourth-order valence-electron chi connectivity index (χ4n) is 0.673. The predicted molar refractivity (Wildman–Crippen MR) is 37.8 cm³/mol. The SMILES string of the molecule is COc1cc(C=O)ncc1O. The Kier molecular flexibility index (Phi) is 2.06. The number of aldehydes is 1. The Morgan fingerprint density at radius 2 is 2.45 bits per heavy atom. The minimum absolute atomic E-state index is 0.0712. The third kappa shape index (κ3) is 1.46. The standard InChI is InChI=1S/C7H7NO3/c1-11-7-2-5(4-9)8-3-6(7)10/h2-4,10H,1H3. The molecule has 11 heavy (non-hydrogen) atoms. The zero-order valence-electron chi connectivity index (χ0n) is 5.94. The van der Waals surface area contributed by atoms with Gasteiger partial charge in [-0.3, -0.25) is 4.79 Å². The average molecular weight is 153 g/mol. The minimum atomic E-state index is -0.0712. The lowest BCUT2D eigenvalue weighted by Gasteiger charge is -2.01. The number of hydrogen-bond donors (Lipinski definition) is 1. The van der Waals surface area contributed by atoms with Crippen molar-refractivity contribution in [3.05, 3.63) is 18.0 Å². The van der Waals surface area contributed by atoms with Gasteiger partial charge in [0.2, 0.25) is 0 Å². The van der Waals surface area contributed by atoms with Gasteiger partial charge in [0.1, 0.15) is 5.69 Å². The number of carbonyl (C=O) groups is 1. The summed E-state index contributed by atoms with van der Waals surface area (Å²) >= 11 is 0. The summed E-state index contributed by atoms with van der Waals surface area (Å²) in [6, 6.07) is 1.36. The first kappa shape index (κ1) is 7.53. The van der Waals surface area contributed by atoms with Crippen LogP contribution in [0.25, 0.3) is 0 Å². The van der Waals surface area contributed by atoms with Crippen molar-refractivity contribution in [2.24, 2.45) is 0 Å². The van der Waals surface area contributed by atoms with Crippen LogP contribution in [0, 0.1) is 0 Å². The molecule has 4 heteroatoms. The Hall–Kier alpha value is -1.58. The summed E-state index contributed by atoms with van der Waals surface area (Å²) in [7, 11) is 1.41. The van der Waals surface area contributed by atoms with Crippen molar-refractivity contribution in [3.8, 4) is 11.5 Å². The van der Waals surface area contributed by atoms with E-state index in [0.29, 0.717) is 6.29 Å². The topological polar surface area (TPSA) is 59.4 Å². The van der Waals surface area contributed by atoms with Gasteiger partial charge in [0.25, 0.3) is 0 Å². The van der Waals surface area contributed by atoms with Crippen LogP contribution in [0.4, 0.5) is 0 Å². The molecule has 0 aromatic carbocycles. The maximum atomic E-state index is 10.2. The molecule has 0 aliphatic carbocycles. The van der Waals surface area contributed by atoms with Crippen molar-refractivity contribution in [2.75, 3.05) is 7.11 Å². The quantitative estimate of drug-likeness (QED) is 0.632. The smallest absolute Gasteiger partial charge is 0.176 e. The van der Waals surface area contributed by atoms with Crippen LogP contribution in [0.2, 0.25) is 0 Å². The molecule has 1 aromatic rings. The van der Waals surface area contributed by atoms with Crippen LogP contribution in [-0.4, -0.2) is 23.5 Å². The van der Waals surface area contributed by atoms with E-state index >= 15 is 0 Å². The van der Waals surface area contributed by atoms with E-state index < -0.39 is 0 Å². The Morgan fingerprint density at radius 3 is 3.00 bits per heavy atom. The van der Waals surface area contributed by atoms with Crippen LogP contribution in [-0.2, 0) is 0 Å². The van der Waals surface area contributed by atoms with Crippen LogP contribution >= 0.6 is 0 Å². The van der Waals surface area contributed by atoms with E-state index in [9.17, 15) is 4.79 Å². The Labute approximate surface area is 63.5 Å². The van der Waals surface area contributed by atoms with Gasteiger partial charge in [0.05, 0.1) is 13.3 Å². The highest BCUT2D eigenvalue weighted by Crippen LogP contribution is 2.23. The van der Waals surface area contributed by atoms with Gasteiger partial charge < -0.3 is 9.84 Å². The van der Waals surface area contributed by atoms with Crippen molar-refractivity contribution >= 4 is 6.29 Å². The van der Waals surface area contributed by atoms with E-state index in [1.54, 1.807) is 0 Å². The second-order valence-electron chi connectivity index (χ2n) is 1.90. The van der Waals surface area contributed by atoms with Crippen molar-refractivity contribution in [2.45, 2.75) is 0 Å². The Bertz CT molecular complexity index is 272. The van der Waals surface area contributed by atoms with Crippen molar-refractivity contribution in [1.29, 1.82) is 0 Å². The monoisotopic (exact) mass is 153 g/mol. The molecule has 1 N–H and O–H groups in total. The normalized spacial score (nSPS) is 9.18. The lowest BCUT2D eigenvalue weighted by atomic mass is 10.3. The number of nitrogens with zero attached hydrogens (tertiary/aromatic N) is 1. The zero-order valence-corrected chi connectivity index (χ0v) is 5.94. The highest BCUT2D eigenvalue weighted by atomic mass is 16.5. The van der Waals surface area contributed by atoms with E-state index in [0.717, 1.165) is 0 Å². The maximum Gasteiger partial charge on any atom is 0.176 e. The first-order valence-electron chi connectivity index (χ1n) is 2.96. The summed E-state index contributed by atoms with van der Waals surface area (Å²) in [4.78, 5) is 13.8. The summed E-state index contributed by atoms with van der Waals surface area (Å²) in [5, 5.41) is 9.03. The number of aromatic nitrogens is 1. The molecule has 0 saturated heterocycles. The molecule has 0 amide bonds. The number of ether oxygens (including phenoxy) is 1. The lowest BCUT2D eigenvalue weighted by Crippen LogP contribution is -1.89. The summed E-state index contributed by atoms with van der Waals surface area (Å²) in [5.74, 6) is 0.181. The molecule has 0 radical (unpaired) electrons. The third-order valence-corrected chi connectivity index (χ3v) is 1.21. The number of pyridine rings is 1. The summed E-state index contributed by atoms with van der Waals surface area (Å²) in [6.45, 7) is 0. The first-order valence-corrected chi connectivity index (χ1v) is 2.96. The number of hydrogen-bond acceptors (Lipinski definition) is 4. The van der Waals surface area contributed by atoms with Crippen molar-refractivity contribution in [1.82, 2.24) is 4.98 Å². The van der Waals surface area contributed by atoms with E-state index in [-0.39, 0.29) is 17.2 Å². The lowest BCUT2D eigenvalue weighted by molar-refractivity contribution is 0.111. The maximum absolute atomic E-state index is 10.2. The van der Waals surface area contributed by atoms with Gasteiger partial charge >= 0.3 is 0 Å². The van der Waals surface area contributed by atoms with E-state index in [4.69, 9.17) is 9.84 Å². The fourth-order valence-corrected chi connectivity index (χ4v) is 0.673. The Morgan fingerprint density at radius 1 is 1.73 bits per heavy atom. The highest BCUT2D eigenvalue weighted by Gasteiger charge is 2.01. The predicted octanol–water partition coefficient (Wildman–Crippen LogP) is 0.608. The van der Waals surface area contributed by atoms with Gasteiger partial charge in [0, 0.05) is 6.07 Å². The van der Waals surface area contributed by atoms with E-state index in [1.807, 2.05) is 0 Å². The third-order valence-electron chi connectivity index (χ3n) is 1.21. The number of carbonyl (C=O) groups excluding carboxylic acids is 1. The molecule has 4 nitrogen and oxygen atoms in total. The molecule has 0 fully saturated rings. The molecule has 0 spiro atoms. The van der Waals surface area contributed by atoms with Crippen LogP contribution in [0.1, 0.15) is 10.5 Å². The molecule has 0 atom stereocenters. The molecule has 0 bridgehead atoms. The molecule has 1 aromatic heterocycles. The summed E-state index contributed by atoms with van der Waals surface area (Å²) in [5.41, 5.74) is 0.236. The van der Waals surface area contributed by atoms with Gasteiger partial charge in [0.15, 0.2) is 17.8 Å². The number of rotatable bonds is 2. The minimum Gasteiger partial charge on any atom is -0.503 e. The van der Waals surface area contributed by atoms with Crippen molar-refractivity contribution < 1.29 is 14.6 Å². The molecule has 0 saturated carbocycles. The Balaban J connectivity index is 3.12. The second-order valence-corrected chi connectivity index (χ2v) is 1.90. The summed E-state index contributed by atoms with van der Waals surface area (Å²) in [6.07, 6.45) is 1.75. The first-order chi connectivity index (χ1) is 5.27. The molecule has 0 unspecified atom stereocenters. The summed E-state index contributed by atoms with van der Waals surface area (Å²) < 4.78 is 4.74. The molecule has 0 aliphatic rings. The highest BCUT2D eigenvalue weighted by molar-refractivity contribution is 5.72. The molecule has 58 valence electrons. The number of aromatic hydroxyl groups is 1. The molecular weight excluding hydrogens is 146 g/mol. The molecule has 0 aliphatic heterocycles. The molecule has 1 rings (SSSR count). The molecule has 1 heterocycles. The van der Waals surface area contributed by atoms with Gasteiger partial charge in [-0.2, -0.15) is 0 Å². The van der Waals surface area contributed by atoms with Gasteiger partial charge in [-0.1, -0.05) is 0 Å². The average Bonchev–Trinajstić information content (AvgIpc) is 2.05. The van der Waals surface area contributed by atoms with Crippen LogP contribution in [0.5, 0.6) is 11.5 Å². The number of methoxy groups -OCH3 is 1. The zero-order chi connectivity index (χ0) is 8.27. The van der Waals surface area contributed by atoms with Crippen molar-refractivity contribution in [3.63, 3.8) is 0 Å². The second kappa shape index (κ2) is 3.01. The van der Waals surface area contributed by atoms with E-state index in [2.05, 4.69) is 4.98 Å². The largest absolute Gasteiger partial charge is 0.503 e.